The standard InChI is InChI=1S/C22H40O8S.2Na/c1-2-3-4-5-6-7-8-9-10-11-12-13-14-15-16-17-19(23)22(21(26)27,18-20(24)25)31(28,29)30;;/h2-18H2,1H3,(H,24,25)(H,26,27)(H,28,29,30);;/q;2*+1/p-2. The molecule has 0 spiro atoms. The Hall–Kier alpha value is 0.520. The molecule has 0 aromatic carbocycles. The molecule has 11 heteroatoms. The van der Waals surface area contributed by atoms with Gasteiger partial charge in [-0.05, 0) is 6.42 Å². The van der Waals surface area contributed by atoms with E-state index in [-0.39, 0.29) is 65.5 Å². The van der Waals surface area contributed by atoms with Gasteiger partial charge in [-0.2, -0.15) is 8.42 Å². The number of hydrogen-bond donors (Lipinski definition) is 1. The van der Waals surface area contributed by atoms with Gasteiger partial charge in [0.25, 0.3) is 10.1 Å². The largest absolute Gasteiger partial charge is 1.00 e. The van der Waals surface area contributed by atoms with Crippen molar-refractivity contribution in [2.24, 2.45) is 0 Å². The average Bonchev–Trinajstić information content (AvgIpc) is 2.67. The molecule has 0 aliphatic carbocycles. The Balaban J connectivity index is -0.00000450. The van der Waals surface area contributed by atoms with Gasteiger partial charge in [0.1, 0.15) is 0 Å². The van der Waals surface area contributed by atoms with Crippen LogP contribution >= 0.6 is 0 Å². The first-order valence-corrected chi connectivity index (χ1v) is 12.9. The molecule has 0 rings (SSSR count). The molecule has 33 heavy (non-hydrogen) atoms. The van der Waals surface area contributed by atoms with Crippen LogP contribution in [0.1, 0.15) is 116 Å². The summed E-state index contributed by atoms with van der Waals surface area (Å²) in [6, 6.07) is 0. The van der Waals surface area contributed by atoms with Crippen LogP contribution in [-0.4, -0.2) is 35.4 Å². The van der Waals surface area contributed by atoms with Crippen LogP contribution in [0.2, 0.25) is 0 Å². The number of ketones is 1. The summed E-state index contributed by atoms with van der Waals surface area (Å²) in [5.74, 6) is -5.93. The van der Waals surface area contributed by atoms with E-state index in [4.69, 9.17) is 0 Å². The fourth-order valence-electron chi connectivity index (χ4n) is 3.69. The van der Waals surface area contributed by atoms with E-state index in [0.717, 1.165) is 25.7 Å². The topological polar surface area (TPSA) is 152 Å². The number of carboxylic acid groups (broad SMARTS) is 2. The van der Waals surface area contributed by atoms with Gasteiger partial charge in [-0.15, -0.1) is 0 Å². The molecule has 0 heterocycles. The number of carboxylic acids is 2. The first-order chi connectivity index (χ1) is 14.6. The molecule has 1 N–H and O–H groups in total. The van der Waals surface area contributed by atoms with Crippen molar-refractivity contribution in [2.45, 2.75) is 121 Å². The average molecular weight is 509 g/mol. The molecular formula is C22H38Na2O8S. The van der Waals surface area contributed by atoms with Gasteiger partial charge in [-0.1, -0.05) is 96.8 Å². The van der Waals surface area contributed by atoms with Crippen LogP contribution in [0.4, 0.5) is 0 Å². The van der Waals surface area contributed by atoms with Gasteiger partial charge in [0, 0.05) is 18.8 Å². The third kappa shape index (κ3) is 16.0. The van der Waals surface area contributed by atoms with Crippen molar-refractivity contribution in [3.05, 3.63) is 0 Å². The Morgan fingerprint density at radius 2 is 1.03 bits per heavy atom. The summed E-state index contributed by atoms with van der Waals surface area (Å²) in [7, 11) is -5.52. The summed E-state index contributed by atoms with van der Waals surface area (Å²) >= 11 is 0. The maximum absolute atomic E-state index is 12.2. The Bertz CT molecular complexity index is 655. The molecule has 0 aromatic rings. The number of unbranched alkanes of at least 4 members (excludes halogenated alkanes) is 14. The van der Waals surface area contributed by atoms with Gasteiger partial charge in [-0.3, -0.25) is 9.35 Å². The van der Waals surface area contributed by atoms with E-state index in [9.17, 15) is 37.6 Å². The second-order valence-corrected chi connectivity index (χ2v) is 9.91. The fourth-order valence-corrected chi connectivity index (χ4v) is 4.59. The van der Waals surface area contributed by atoms with Gasteiger partial charge < -0.3 is 19.8 Å². The summed E-state index contributed by atoms with van der Waals surface area (Å²) in [6.45, 7) is 2.21. The SMILES string of the molecule is CCCCCCCCCCCCCCCCCC(=O)C(CC(=O)[O-])(C(=O)[O-])S(=O)(=O)O.[Na+].[Na+]. The number of hydrogen-bond acceptors (Lipinski definition) is 7. The van der Waals surface area contributed by atoms with Gasteiger partial charge in [0.2, 0.25) is 0 Å². The Kier molecular flexibility index (Phi) is 25.1. The zero-order chi connectivity index (χ0) is 23.8. The van der Waals surface area contributed by atoms with Gasteiger partial charge >= 0.3 is 59.1 Å². The molecule has 1 unspecified atom stereocenters. The van der Waals surface area contributed by atoms with Crippen molar-refractivity contribution in [1.29, 1.82) is 0 Å². The minimum absolute atomic E-state index is 0. The third-order valence-corrected chi connectivity index (χ3v) is 7.04. The normalized spacial score (nSPS) is 12.8. The number of carbonyl (C=O) groups excluding carboxylic acids is 3. The van der Waals surface area contributed by atoms with Crippen LogP contribution < -0.4 is 69.3 Å². The fraction of sp³-hybridized carbons (Fsp3) is 0.864. The van der Waals surface area contributed by atoms with E-state index in [2.05, 4.69) is 6.92 Å². The maximum Gasteiger partial charge on any atom is 1.00 e. The van der Waals surface area contributed by atoms with Crippen molar-refractivity contribution in [2.75, 3.05) is 0 Å². The predicted molar refractivity (Wildman–Crippen MR) is 113 cm³/mol. The van der Waals surface area contributed by atoms with E-state index >= 15 is 0 Å². The number of rotatable bonds is 21. The Morgan fingerprint density at radius 1 is 0.697 bits per heavy atom. The second kappa shape index (κ2) is 21.8. The second-order valence-electron chi connectivity index (χ2n) is 8.26. The van der Waals surface area contributed by atoms with Gasteiger partial charge in [-0.25, -0.2) is 0 Å². The van der Waals surface area contributed by atoms with Crippen molar-refractivity contribution in [1.82, 2.24) is 0 Å². The molecule has 0 aliphatic heterocycles. The molecule has 0 saturated heterocycles. The summed E-state index contributed by atoms with van der Waals surface area (Å²) in [4.78, 5) is 34.2. The molecule has 0 fully saturated rings. The first kappa shape index (κ1) is 38.1. The summed E-state index contributed by atoms with van der Waals surface area (Å²) in [6.07, 6.45) is 14.2. The number of aliphatic carboxylic acids is 2. The minimum Gasteiger partial charge on any atom is -0.550 e. The van der Waals surface area contributed by atoms with Crippen molar-refractivity contribution in [3.8, 4) is 0 Å². The van der Waals surface area contributed by atoms with E-state index < -0.39 is 45.4 Å². The molecule has 8 nitrogen and oxygen atoms in total. The zero-order valence-electron chi connectivity index (χ0n) is 20.7. The van der Waals surface area contributed by atoms with Crippen LogP contribution in [0, 0.1) is 0 Å². The van der Waals surface area contributed by atoms with E-state index in [1.54, 1.807) is 0 Å². The molecule has 182 valence electrons. The van der Waals surface area contributed by atoms with Crippen LogP contribution in [0.15, 0.2) is 0 Å². The quantitative estimate of drug-likeness (QED) is 0.0721. The van der Waals surface area contributed by atoms with Crippen LogP contribution in [0.25, 0.3) is 0 Å². The Labute approximate surface area is 243 Å². The minimum atomic E-state index is -5.52. The van der Waals surface area contributed by atoms with E-state index in [0.29, 0.717) is 6.42 Å². The molecule has 1 atom stereocenters. The van der Waals surface area contributed by atoms with Crippen LogP contribution in [0.3, 0.4) is 0 Å². The van der Waals surface area contributed by atoms with Crippen LogP contribution in [0.5, 0.6) is 0 Å². The first-order valence-electron chi connectivity index (χ1n) is 11.5. The molecule has 0 bridgehead atoms. The maximum atomic E-state index is 12.2. The van der Waals surface area contributed by atoms with E-state index in [1.165, 1.54) is 57.8 Å². The van der Waals surface area contributed by atoms with Crippen LogP contribution in [-0.2, 0) is 24.5 Å². The van der Waals surface area contributed by atoms with E-state index in [1.807, 2.05) is 0 Å². The van der Waals surface area contributed by atoms with Gasteiger partial charge in [0.05, 0.1) is 5.97 Å². The summed E-state index contributed by atoms with van der Waals surface area (Å²) in [5, 5.41) is 22.0. The number of carbonyl (C=O) groups is 3. The van der Waals surface area contributed by atoms with Crippen molar-refractivity contribution in [3.63, 3.8) is 0 Å². The summed E-state index contributed by atoms with van der Waals surface area (Å²) in [5.41, 5.74) is 0. The third-order valence-electron chi connectivity index (χ3n) is 5.62. The molecule has 0 amide bonds. The Morgan fingerprint density at radius 3 is 1.30 bits per heavy atom. The smallest absolute Gasteiger partial charge is 0.550 e. The predicted octanol–water partition coefficient (Wildman–Crippen LogP) is -3.66. The molecular weight excluding hydrogens is 470 g/mol. The number of Topliss-reactive ketones (excluding diaryl/α,β-unsaturated/α-hetero) is 1. The van der Waals surface area contributed by atoms with Crippen molar-refractivity contribution < 1.29 is 96.7 Å². The summed E-state index contributed by atoms with van der Waals surface area (Å²) < 4.78 is 28.6. The molecule has 0 aliphatic rings. The monoisotopic (exact) mass is 508 g/mol. The zero-order valence-corrected chi connectivity index (χ0v) is 25.6. The molecule has 0 saturated carbocycles. The van der Waals surface area contributed by atoms with Crippen molar-refractivity contribution >= 4 is 27.8 Å². The van der Waals surface area contributed by atoms with Gasteiger partial charge in [0.15, 0.2) is 10.5 Å². The molecule has 0 aromatic heterocycles. The molecule has 0 radical (unpaired) electrons.